The molecular weight excluding hydrogens is 308 g/mol. The Labute approximate surface area is 128 Å². The Bertz CT molecular complexity index is 815. The Balaban J connectivity index is 1.73. The topological polar surface area (TPSA) is 124 Å². The highest BCUT2D eigenvalue weighted by Crippen LogP contribution is 2.23. The van der Waals surface area contributed by atoms with Crippen LogP contribution in [0.4, 0.5) is 5.69 Å². The summed E-state index contributed by atoms with van der Waals surface area (Å²) in [5.74, 6) is 1.85. The minimum absolute atomic E-state index is 0.0191. The number of nitro benzene ring substituents is 1. The van der Waals surface area contributed by atoms with Crippen molar-refractivity contribution in [3.63, 3.8) is 0 Å². The summed E-state index contributed by atoms with van der Waals surface area (Å²) in [5.41, 5.74) is 0.511. The molecule has 0 saturated carbocycles. The van der Waals surface area contributed by atoms with Gasteiger partial charge in [0.25, 0.3) is 5.69 Å². The molecule has 1 aromatic carbocycles. The fourth-order valence-corrected chi connectivity index (χ4v) is 2.38. The van der Waals surface area contributed by atoms with Crippen LogP contribution in [-0.4, -0.2) is 30.2 Å². The van der Waals surface area contributed by atoms with E-state index >= 15 is 0 Å². The highest BCUT2D eigenvalue weighted by Gasteiger charge is 2.13. The van der Waals surface area contributed by atoms with Crippen molar-refractivity contribution in [2.45, 2.75) is 17.8 Å². The normalized spacial score (nSPS) is 10.8. The molecule has 2 heterocycles. The second-order valence-corrected chi connectivity index (χ2v) is 5.25. The van der Waals surface area contributed by atoms with Gasteiger partial charge in [-0.05, 0) is 6.92 Å². The maximum Gasteiger partial charge on any atom is 0.270 e. The number of aromatic nitrogens is 5. The monoisotopic (exact) mass is 318 g/mol. The summed E-state index contributed by atoms with van der Waals surface area (Å²) in [6.07, 6.45) is 0. The molecule has 0 aliphatic heterocycles. The van der Waals surface area contributed by atoms with E-state index in [1.807, 2.05) is 6.92 Å². The molecule has 0 unspecified atom stereocenters. The molecule has 1 N–H and O–H groups in total. The fraction of sp³-hybridized carbons (Fsp3) is 0.167. The van der Waals surface area contributed by atoms with Gasteiger partial charge in [-0.3, -0.25) is 15.2 Å². The van der Waals surface area contributed by atoms with Gasteiger partial charge >= 0.3 is 0 Å². The lowest BCUT2D eigenvalue weighted by Gasteiger charge is -1.94. The SMILES string of the molecule is Cc1nc(SCc2nc(-c3cccc([N+](=O)[O-])c3)no2)n[nH]1. The standard InChI is InChI=1S/C12H10N6O3S/c1-7-13-12(16-15-7)22-6-10-14-11(17-21-10)8-3-2-4-9(5-8)18(19)20/h2-5H,6H2,1H3,(H,13,15,16). The second-order valence-electron chi connectivity index (χ2n) is 4.31. The molecule has 3 aromatic rings. The number of aromatic amines is 1. The van der Waals surface area contributed by atoms with E-state index in [0.29, 0.717) is 28.2 Å². The third-order valence-corrected chi connectivity index (χ3v) is 3.52. The Morgan fingerprint density at radius 3 is 3.00 bits per heavy atom. The number of non-ortho nitro benzene ring substituents is 1. The van der Waals surface area contributed by atoms with Crippen molar-refractivity contribution in [2.75, 3.05) is 0 Å². The smallest absolute Gasteiger partial charge is 0.270 e. The second kappa shape index (κ2) is 5.93. The third kappa shape index (κ3) is 3.11. The predicted molar refractivity (Wildman–Crippen MR) is 77.1 cm³/mol. The molecule has 0 bridgehead atoms. The van der Waals surface area contributed by atoms with Crippen LogP contribution in [0.2, 0.25) is 0 Å². The van der Waals surface area contributed by atoms with Gasteiger partial charge in [0.1, 0.15) is 5.82 Å². The lowest BCUT2D eigenvalue weighted by Crippen LogP contribution is -1.89. The number of hydrogen-bond donors (Lipinski definition) is 1. The van der Waals surface area contributed by atoms with Gasteiger partial charge < -0.3 is 4.52 Å². The molecule has 9 nitrogen and oxygen atoms in total. The highest BCUT2D eigenvalue weighted by atomic mass is 32.2. The minimum atomic E-state index is -0.466. The predicted octanol–water partition coefficient (Wildman–Crippen LogP) is 2.36. The number of hydrogen-bond acceptors (Lipinski definition) is 8. The largest absolute Gasteiger partial charge is 0.338 e. The number of nitro groups is 1. The van der Waals surface area contributed by atoms with E-state index < -0.39 is 4.92 Å². The molecule has 0 saturated heterocycles. The van der Waals surface area contributed by atoms with Crippen molar-refractivity contribution in [2.24, 2.45) is 0 Å². The first-order chi connectivity index (χ1) is 10.6. The van der Waals surface area contributed by atoms with Crippen LogP contribution in [0, 0.1) is 17.0 Å². The van der Waals surface area contributed by atoms with Gasteiger partial charge in [-0.2, -0.15) is 4.98 Å². The van der Waals surface area contributed by atoms with E-state index in [2.05, 4.69) is 25.3 Å². The van der Waals surface area contributed by atoms with E-state index in [1.165, 1.54) is 23.9 Å². The lowest BCUT2D eigenvalue weighted by molar-refractivity contribution is -0.384. The zero-order chi connectivity index (χ0) is 15.5. The highest BCUT2D eigenvalue weighted by molar-refractivity contribution is 7.98. The molecule has 2 aromatic heterocycles. The summed E-state index contributed by atoms with van der Waals surface area (Å²) in [5, 5.41) is 21.9. The van der Waals surface area contributed by atoms with Gasteiger partial charge in [0.2, 0.25) is 16.9 Å². The summed E-state index contributed by atoms with van der Waals surface area (Å²) in [6, 6.07) is 6.08. The van der Waals surface area contributed by atoms with Gasteiger partial charge in [0.05, 0.1) is 10.7 Å². The average molecular weight is 318 g/mol. The molecule has 112 valence electrons. The first kappa shape index (κ1) is 14.2. The Morgan fingerprint density at radius 1 is 1.41 bits per heavy atom. The quantitative estimate of drug-likeness (QED) is 0.432. The van der Waals surface area contributed by atoms with Crippen molar-refractivity contribution in [3.05, 3.63) is 46.1 Å². The maximum absolute atomic E-state index is 10.8. The van der Waals surface area contributed by atoms with Crippen molar-refractivity contribution in [1.82, 2.24) is 25.3 Å². The van der Waals surface area contributed by atoms with E-state index in [0.717, 1.165) is 5.82 Å². The molecule has 0 atom stereocenters. The number of nitrogens with one attached hydrogen (secondary N) is 1. The average Bonchev–Trinajstić information content (AvgIpc) is 3.14. The van der Waals surface area contributed by atoms with Crippen molar-refractivity contribution < 1.29 is 9.45 Å². The molecule has 0 fully saturated rings. The molecule has 0 aliphatic rings. The molecule has 0 radical (unpaired) electrons. The van der Waals surface area contributed by atoms with Crippen molar-refractivity contribution in [1.29, 1.82) is 0 Å². The molecule has 0 amide bonds. The van der Waals surface area contributed by atoms with Crippen molar-refractivity contribution in [3.8, 4) is 11.4 Å². The lowest BCUT2D eigenvalue weighted by atomic mass is 10.2. The van der Waals surface area contributed by atoms with Gasteiger partial charge in [-0.25, -0.2) is 4.98 Å². The van der Waals surface area contributed by atoms with Crippen LogP contribution in [0.25, 0.3) is 11.4 Å². The van der Waals surface area contributed by atoms with Crippen LogP contribution in [0.1, 0.15) is 11.7 Å². The third-order valence-electron chi connectivity index (χ3n) is 2.68. The summed E-state index contributed by atoms with van der Waals surface area (Å²) in [6.45, 7) is 1.81. The van der Waals surface area contributed by atoms with Crippen molar-refractivity contribution >= 4 is 17.4 Å². The van der Waals surface area contributed by atoms with Crippen LogP contribution in [0.5, 0.6) is 0 Å². The fourth-order valence-electron chi connectivity index (χ4n) is 1.70. The number of nitrogens with zero attached hydrogens (tertiary/aromatic N) is 5. The number of thioether (sulfide) groups is 1. The van der Waals surface area contributed by atoms with E-state index in [1.54, 1.807) is 12.1 Å². The van der Waals surface area contributed by atoms with Gasteiger partial charge in [-0.1, -0.05) is 29.1 Å². The molecule has 22 heavy (non-hydrogen) atoms. The molecule has 0 aliphatic carbocycles. The maximum atomic E-state index is 10.8. The summed E-state index contributed by atoms with van der Waals surface area (Å²) in [4.78, 5) is 18.7. The van der Waals surface area contributed by atoms with Crippen LogP contribution in [0.3, 0.4) is 0 Å². The van der Waals surface area contributed by atoms with E-state index in [9.17, 15) is 10.1 Å². The number of aryl methyl sites for hydroxylation is 1. The first-order valence-electron chi connectivity index (χ1n) is 6.21. The molecule has 10 heteroatoms. The van der Waals surface area contributed by atoms with Gasteiger partial charge in [-0.15, -0.1) is 5.10 Å². The summed E-state index contributed by atoms with van der Waals surface area (Å²) < 4.78 is 5.13. The van der Waals surface area contributed by atoms with E-state index in [4.69, 9.17) is 4.52 Å². The Hall–Kier alpha value is -2.75. The number of benzene rings is 1. The number of H-pyrrole nitrogens is 1. The summed E-state index contributed by atoms with van der Waals surface area (Å²) >= 11 is 1.35. The number of rotatable bonds is 5. The Kier molecular flexibility index (Phi) is 3.83. The van der Waals surface area contributed by atoms with Gasteiger partial charge in [0, 0.05) is 17.7 Å². The van der Waals surface area contributed by atoms with E-state index in [-0.39, 0.29) is 5.69 Å². The molecule has 3 rings (SSSR count). The zero-order valence-electron chi connectivity index (χ0n) is 11.4. The molecule has 0 spiro atoms. The zero-order valence-corrected chi connectivity index (χ0v) is 12.2. The van der Waals surface area contributed by atoms with Crippen LogP contribution >= 0.6 is 11.8 Å². The van der Waals surface area contributed by atoms with Crippen LogP contribution in [-0.2, 0) is 5.75 Å². The van der Waals surface area contributed by atoms with Gasteiger partial charge in [0.15, 0.2) is 0 Å². The Morgan fingerprint density at radius 2 is 2.27 bits per heavy atom. The van der Waals surface area contributed by atoms with Crippen LogP contribution < -0.4 is 0 Å². The molecular formula is C12H10N6O3S. The van der Waals surface area contributed by atoms with Crippen LogP contribution in [0.15, 0.2) is 33.9 Å². The first-order valence-corrected chi connectivity index (χ1v) is 7.19. The minimum Gasteiger partial charge on any atom is -0.338 e. The summed E-state index contributed by atoms with van der Waals surface area (Å²) in [7, 11) is 0.